The van der Waals surface area contributed by atoms with Gasteiger partial charge < -0.3 is 10.0 Å². The van der Waals surface area contributed by atoms with E-state index in [1.165, 1.54) is 24.0 Å². The van der Waals surface area contributed by atoms with Gasteiger partial charge in [-0.25, -0.2) is 0 Å². The lowest BCUT2D eigenvalue weighted by molar-refractivity contribution is -0.138. The Hall–Kier alpha value is -1.35. The predicted molar refractivity (Wildman–Crippen MR) is 83.0 cm³/mol. The number of rotatable bonds is 4. The fraction of sp³-hybridized carbons (Fsp3) is 0.611. The van der Waals surface area contributed by atoms with Gasteiger partial charge in [0.2, 0.25) is 5.91 Å². The van der Waals surface area contributed by atoms with E-state index in [-0.39, 0.29) is 18.4 Å². The number of aliphatic hydroxyl groups is 1. The molecule has 1 aromatic carbocycles. The predicted octanol–water partition coefficient (Wildman–Crippen LogP) is 2.56. The number of fused-ring (bicyclic) bond motifs is 1. The Kier molecular flexibility index (Phi) is 4.59. The summed E-state index contributed by atoms with van der Waals surface area (Å²) in [5.74, 6) is 0.373. The summed E-state index contributed by atoms with van der Waals surface area (Å²) in [6.07, 6.45) is 7.46. The van der Waals surface area contributed by atoms with Crippen molar-refractivity contribution in [2.24, 2.45) is 5.92 Å². The standard InChI is InChI=1S/C18H25NO2/c20-12-11-19(17-7-3-4-8-17)18(21)16-10-9-14-5-1-2-6-15(14)13-16/h1-2,5-6,16-17,20H,3-4,7-13H2. The SMILES string of the molecule is O=C(C1CCc2ccccc2C1)N(CCO)C1CCCC1. The van der Waals surface area contributed by atoms with Gasteiger partial charge >= 0.3 is 0 Å². The molecule has 21 heavy (non-hydrogen) atoms. The largest absolute Gasteiger partial charge is 0.395 e. The molecule has 1 amide bonds. The maximum atomic E-state index is 12.9. The van der Waals surface area contributed by atoms with Gasteiger partial charge in [0.05, 0.1) is 6.61 Å². The third-order valence-corrected chi connectivity index (χ3v) is 5.09. The molecule has 1 aromatic rings. The zero-order valence-electron chi connectivity index (χ0n) is 12.6. The van der Waals surface area contributed by atoms with Crippen molar-refractivity contribution in [3.8, 4) is 0 Å². The van der Waals surface area contributed by atoms with E-state index in [0.717, 1.165) is 32.1 Å². The maximum absolute atomic E-state index is 12.9. The molecule has 1 fully saturated rings. The second-order valence-electron chi connectivity index (χ2n) is 6.40. The van der Waals surface area contributed by atoms with Crippen molar-refractivity contribution in [2.45, 2.75) is 51.0 Å². The fourth-order valence-electron chi connectivity index (χ4n) is 3.94. The molecule has 0 radical (unpaired) electrons. The molecule has 1 atom stereocenters. The lowest BCUT2D eigenvalue weighted by Crippen LogP contribution is -2.45. The molecule has 3 heteroatoms. The number of aryl methyl sites for hydroxylation is 1. The molecule has 114 valence electrons. The van der Waals surface area contributed by atoms with Crippen LogP contribution in [0.4, 0.5) is 0 Å². The molecule has 0 spiro atoms. The van der Waals surface area contributed by atoms with Gasteiger partial charge in [-0.15, -0.1) is 0 Å². The topological polar surface area (TPSA) is 40.5 Å². The van der Waals surface area contributed by atoms with Gasteiger partial charge in [0.25, 0.3) is 0 Å². The molecule has 0 bridgehead atoms. The van der Waals surface area contributed by atoms with Gasteiger partial charge in [-0.2, -0.15) is 0 Å². The van der Waals surface area contributed by atoms with Crippen LogP contribution in [0.2, 0.25) is 0 Å². The first-order valence-corrected chi connectivity index (χ1v) is 8.27. The van der Waals surface area contributed by atoms with Crippen LogP contribution in [0.15, 0.2) is 24.3 Å². The molecule has 3 rings (SSSR count). The molecule has 0 aromatic heterocycles. The van der Waals surface area contributed by atoms with Crippen LogP contribution in [0.25, 0.3) is 0 Å². The second kappa shape index (κ2) is 6.61. The summed E-state index contributed by atoms with van der Waals surface area (Å²) in [4.78, 5) is 14.9. The van der Waals surface area contributed by atoms with Crippen molar-refractivity contribution in [1.29, 1.82) is 0 Å². The monoisotopic (exact) mass is 287 g/mol. The Bertz CT molecular complexity index is 494. The van der Waals surface area contributed by atoms with Crippen LogP contribution < -0.4 is 0 Å². The van der Waals surface area contributed by atoms with Crippen LogP contribution >= 0.6 is 0 Å². The molecule has 0 saturated heterocycles. The first-order chi connectivity index (χ1) is 10.3. The Labute approximate surface area is 127 Å². The van der Waals surface area contributed by atoms with Crippen molar-refractivity contribution in [2.75, 3.05) is 13.2 Å². The Morgan fingerprint density at radius 3 is 2.57 bits per heavy atom. The van der Waals surface area contributed by atoms with Gasteiger partial charge in [0.1, 0.15) is 0 Å². The van der Waals surface area contributed by atoms with Crippen LogP contribution in [0.3, 0.4) is 0 Å². The summed E-state index contributed by atoms with van der Waals surface area (Å²) in [5, 5.41) is 9.31. The summed E-state index contributed by atoms with van der Waals surface area (Å²) < 4.78 is 0. The van der Waals surface area contributed by atoms with Crippen LogP contribution in [-0.2, 0) is 17.6 Å². The van der Waals surface area contributed by atoms with E-state index in [4.69, 9.17) is 0 Å². The van der Waals surface area contributed by atoms with E-state index in [2.05, 4.69) is 24.3 Å². The number of hydrogen-bond acceptors (Lipinski definition) is 2. The Morgan fingerprint density at radius 1 is 1.14 bits per heavy atom. The van der Waals surface area contributed by atoms with Crippen molar-refractivity contribution in [1.82, 2.24) is 4.90 Å². The maximum Gasteiger partial charge on any atom is 0.226 e. The summed E-state index contributed by atoms with van der Waals surface area (Å²) >= 11 is 0. The molecule has 2 aliphatic rings. The quantitative estimate of drug-likeness (QED) is 0.924. The van der Waals surface area contributed by atoms with Crippen LogP contribution in [0.5, 0.6) is 0 Å². The first kappa shape index (κ1) is 14.6. The average Bonchev–Trinajstić information content (AvgIpc) is 3.05. The molecule has 1 saturated carbocycles. The number of amides is 1. The fourth-order valence-corrected chi connectivity index (χ4v) is 3.94. The van der Waals surface area contributed by atoms with Crippen molar-refractivity contribution < 1.29 is 9.90 Å². The minimum Gasteiger partial charge on any atom is -0.395 e. The van der Waals surface area contributed by atoms with E-state index < -0.39 is 0 Å². The molecule has 1 unspecified atom stereocenters. The number of carbonyl (C=O) groups excluding carboxylic acids is 1. The minimum atomic E-state index is 0.0749. The average molecular weight is 287 g/mol. The molecular weight excluding hydrogens is 262 g/mol. The third-order valence-electron chi connectivity index (χ3n) is 5.09. The third kappa shape index (κ3) is 3.13. The van der Waals surface area contributed by atoms with Gasteiger partial charge in [-0.1, -0.05) is 37.1 Å². The van der Waals surface area contributed by atoms with E-state index >= 15 is 0 Å². The Balaban J connectivity index is 1.71. The van der Waals surface area contributed by atoms with Gasteiger partial charge in [0.15, 0.2) is 0 Å². The zero-order chi connectivity index (χ0) is 14.7. The van der Waals surface area contributed by atoms with Crippen LogP contribution in [-0.4, -0.2) is 35.1 Å². The summed E-state index contributed by atoms with van der Waals surface area (Å²) in [6, 6.07) is 8.84. The van der Waals surface area contributed by atoms with Crippen LogP contribution in [0.1, 0.15) is 43.2 Å². The molecular formula is C18H25NO2. The van der Waals surface area contributed by atoms with Crippen molar-refractivity contribution >= 4 is 5.91 Å². The highest BCUT2D eigenvalue weighted by molar-refractivity contribution is 5.80. The van der Waals surface area contributed by atoms with E-state index in [1.54, 1.807) is 0 Å². The number of nitrogens with zero attached hydrogens (tertiary/aromatic N) is 1. The van der Waals surface area contributed by atoms with Crippen LogP contribution in [0, 0.1) is 5.92 Å². The summed E-state index contributed by atoms with van der Waals surface area (Å²) in [7, 11) is 0. The van der Waals surface area contributed by atoms with Crippen molar-refractivity contribution in [3.05, 3.63) is 35.4 Å². The highest BCUT2D eigenvalue weighted by Gasteiger charge is 2.32. The Morgan fingerprint density at radius 2 is 1.86 bits per heavy atom. The van der Waals surface area contributed by atoms with Gasteiger partial charge in [-0.05, 0) is 43.2 Å². The highest BCUT2D eigenvalue weighted by atomic mass is 16.3. The normalized spacial score (nSPS) is 22.0. The summed E-state index contributed by atoms with van der Waals surface area (Å²) in [6.45, 7) is 0.577. The number of aliphatic hydroxyl groups excluding tert-OH is 1. The lowest BCUT2D eigenvalue weighted by Gasteiger charge is -2.34. The van der Waals surface area contributed by atoms with Crippen molar-refractivity contribution in [3.63, 3.8) is 0 Å². The minimum absolute atomic E-state index is 0.0749. The molecule has 0 aliphatic heterocycles. The van der Waals surface area contributed by atoms with E-state index in [9.17, 15) is 9.90 Å². The lowest BCUT2D eigenvalue weighted by atomic mass is 9.83. The molecule has 3 nitrogen and oxygen atoms in total. The molecule has 1 N–H and O–H groups in total. The summed E-state index contributed by atoms with van der Waals surface area (Å²) in [5.41, 5.74) is 2.73. The molecule has 0 heterocycles. The first-order valence-electron chi connectivity index (χ1n) is 8.27. The van der Waals surface area contributed by atoms with Gasteiger partial charge in [0, 0.05) is 18.5 Å². The highest BCUT2D eigenvalue weighted by Crippen LogP contribution is 2.30. The van der Waals surface area contributed by atoms with E-state index in [1.807, 2.05) is 4.90 Å². The number of benzene rings is 1. The number of carbonyl (C=O) groups is 1. The molecule has 2 aliphatic carbocycles. The zero-order valence-corrected chi connectivity index (χ0v) is 12.6. The van der Waals surface area contributed by atoms with E-state index in [0.29, 0.717) is 12.6 Å². The second-order valence-corrected chi connectivity index (χ2v) is 6.40. The smallest absolute Gasteiger partial charge is 0.226 e. The number of hydrogen-bond donors (Lipinski definition) is 1. The van der Waals surface area contributed by atoms with Gasteiger partial charge in [-0.3, -0.25) is 4.79 Å².